The number of likely N-dealkylation sites (tertiary alicyclic amines) is 1. The van der Waals surface area contributed by atoms with Gasteiger partial charge >= 0.3 is 6.09 Å². The number of hydrogen-bond donors (Lipinski definition) is 5. The summed E-state index contributed by atoms with van der Waals surface area (Å²) in [6.45, 7) is 30.4. The summed E-state index contributed by atoms with van der Waals surface area (Å²) in [5.41, 5.74) is 18.9. The number of ether oxygens (including phenoxy) is 2. The molecule has 4 aliphatic carbocycles. The van der Waals surface area contributed by atoms with Crippen molar-refractivity contribution in [3.63, 3.8) is 0 Å². The number of rotatable bonds is 13. The summed E-state index contributed by atoms with van der Waals surface area (Å²) >= 11 is -1.20. The number of halogens is 1. The minimum atomic E-state index is -1.20. The number of hydrogen-bond acceptors (Lipinski definition) is 9. The van der Waals surface area contributed by atoms with Crippen LogP contribution in [0.5, 0.6) is 0 Å². The van der Waals surface area contributed by atoms with Crippen LogP contribution in [0.4, 0.5) is 4.79 Å². The molecule has 2 aromatic heterocycles. The molecule has 2 saturated heterocycles. The highest BCUT2D eigenvalue weighted by Crippen LogP contribution is 2.52. The number of nitrogens with one attached hydrogen (secondary N) is 4. The van der Waals surface area contributed by atoms with Gasteiger partial charge in [-0.05, 0) is 151 Å². The minimum Gasteiger partial charge on any atom is -0.453 e. The van der Waals surface area contributed by atoms with Crippen LogP contribution in [-0.2, 0) is 22.1 Å². The van der Waals surface area contributed by atoms with E-state index >= 15 is 0 Å². The SMILES string of the molecule is C=C(/C=C1/CC=C2C(c3ccc4nc(C5CC6CCCCC6N5C(=O)C(OC)C(C)C)[nH]c4c3)=CC(C)(CC)C(CC)=C2CC1C)c1ccc2nc(C3CC4CCCCC4N3)[nH]c2c1.CC.CCC.COC(=O)NC(I=O)C(C)C.NC=O. The van der Waals surface area contributed by atoms with Gasteiger partial charge in [-0.25, -0.2) is 14.8 Å². The van der Waals surface area contributed by atoms with Crippen molar-refractivity contribution in [3.8, 4) is 0 Å². The molecule has 83 heavy (non-hydrogen) atoms. The number of carbonyl (C=O) groups excluding carboxylic acids is 3. The number of allylic oxidation sites excluding steroid dienone is 9. The third kappa shape index (κ3) is 15.6. The zero-order chi connectivity index (χ0) is 60.7. The van der Waals surface area contributed by atoms with Gasteiger partial charge in [0.15, 0.2) is 21.2 Å². The van der Waals surface area contributed by atoms with Crippen LogP contribution in [0.25, 0.3) is 33.2 Å². The molecular formula is C68H101IN8O6. The average molecular weight is 1250 g/mol. The lowest BCUT2D eigenvalue weighted by Crippen LogP contribution is -2.47. The normalized spacial score (nSPS) is 25.8. The van der Waals surface area contributed by atoms with Crippen molar-refractivity contribution in [2.45, 2.75) is 214 Å². The lowest BCUT2D eigenvalue weighted by atomic mass is 9.67. The van der Waals surface area contributed by atoms with Crippen molar-refractivity contribution in [2.24, 2.45) is 40.7 Å². The van der Waals surface area contributed by atoms with E-state index in [4.69, 9.17) is 19.5 Å². The Kier molecular flexibility index (Phi) is 25.2. The zero-order valence-corrected chi connectivity index (χ0v) is 54.8. The Morgan fingerprint density at radius 3 is 2.13 bits per heavy atom. The van der Waals surface area contributed by atoms with Gasteiger partial charge in [-0.3, -0.25) is 12.7 Å². The molecule has 3 amide bonds. The summed E-state index contributed by atoms with van der Waals surface area (Å²) in [6.07, 6.45) is 24.1. The molecule has 0 radical (unpaired) electrons. The maximum absolute atomic E-state index is 14.3. The Bertz CT molecular complexity index is 2970. The summed E-state index contributed by atoms with van der Waals surface area (Å²) in [7, 11) is 2.96. The largest absolute Gasteiger partial charge is 0.453 e. The quantitative estimate of drug-likeness (QED) is 0.0374. The maximum Gasteiger partial charge on any atom is 0.407 e. The van der Waals surface area contributed by atoms with Crippen LogP contribution in [0.1, 0.15) is 214 Å². The Hall–Kier alpha value is -5.26. The number of benzene rings is 2. The maximum atomic E-state index is 14.3. The van der Waals surface area contributed by atoms with Gasteiger partial charge in [0.05, 0.1) is 41.3 Å². The molecule has 0 spiro atoms. The number of methoxy groups -OCH3 is 2. The number of aromatic amines is 2. The fourth-order valence-electron chi connectivity index (χ4n) is 13.7. The monoisotopic (exact) mass is 1250 g/mol. The number of H-pyrrole nitrogens is 2. The number of primary amides is 1. The minimum absolute atomic E-state index is 0.0396. The molecular weight excluding hydrogens is 1150 g/mol. The predicted molar refractivity (Wildman–Crippen MR) is 348 cm³/mol. The van der Waals surface area contributed by atoms with E-state index in [1.165, 1.54) is 92.8 Å². The second-order valence-electron chi connectivity index (χ2n) is 24.3. The van der Waals surface area contributed by atoms with Gasteiger partial charge in [0, 0.05) is 24.6 Å². The first-order chi connectivity index (χ1) is 39.9. The zero-order valence-electron chi connectivity index (χ0n) is 52.7. The number of amides is 3. The highest BCUT2D eigenvalue weighted by molar-refractivity contribution is 14.1. The topological polar surface area (TPSA) is 197 Å². The summed E-state index contributed by atoms with van der Waals surface area (Å²) in [5.74, 6) is 4.06. The van der Waals surface area contributed by atoms with Gasteiger partial charge in [0.1, 0.15) is 21.8 Å². The molecule has 0 bridgehead atoms. The van der Waals surface area contributed by atoms with Gasteiger partial charge in [0.25, 0.3) is 5.91 Å². The van der Waals surface area contributed by atoms with Crippen LogP contribution < -0.4 is 16.4 Å². The third-order valence-electron chi connectivity index (χ3n) is 18.0. The summed E-state index contributed by atoms with van der Waals surface area (Å²) in [4.78, 5) is 53.5. The number of nitrogens with two attached hydrogens (primary N) is 1. The van der Waals surface area contributed by atoms with Crippen molar-refractivity contribution in [1.82, 2.24) is 35.5 Å². The fourth-order valence-corrected chi connectivity index (χ4v) is 14.7. The summed E-state index contributed by atoms with van der Waals surface area (Å²) in [6, 6.07) is 14.6. The van der Waals surface area contributed by atoms with Crippen molar-refractivity contribution in [3.05, 3.63) is 106 Å². The van der Waals surface area contributed by atoms with Crippen molar-refractivity contribution >= 4 is 72.8 Å². The molecule has 6 N–H and O–H groups in total. The third-order valence-corrected chi connectivity index (χ3v) is 20.3. The lowest BCUT2D eigenvalue weighted by Gasteiger charge is -2.38. The Balaban J connectivity index is 0.000000508. The Morgan fingerprint density at radius 2 is 1.52 bits per heavy atom. The van der Waals surface area contributed by atoms with E-state index in [0.717, 1.165) is 89.3 Å². The number of alkyl carbamates (subject to hydrolysis) is 1. The number of alkyl halides is 1. The van der Waals surface area contributed by atoms with Crippen molar-refractivity contribution < 1.29 is 26.9 Å². The number of aromatic nitrogens is 4. The number of fused-ring (bicyclic) bond motifs is 5. The van der Waals surface area contributed by atoms with Gasteiger partial charge < -0.3 is 40.7 Å². The number of nitrogens with zero attached hydrogens (tertiary/aromatic N) is 3. The first-order valence-corrected chi connectivity index (χ1v) is 33.5. The number of imidazole rings is 2. The van der Waals surface area contributed by atoms with Gasteiger partial charge in [-0.2, -0.15) is 0 Å². The molecule has 4 heterocycles. The summed E-state index contributed by atoms with van der Waals surface area (Å²) < 4.78 is 20.5. The Labute approximate surface area is 507 Å². The molecule has 10 atom stereocenters. The highest BCUT2D eigenvalue weighted by Gasteiger charge is 2.48. The van der Waals surface area contributed by atoms with Crippen LogP contribution in [-0.4, -0.2) is 79.7 Å². The van der Waals surface area contributed by atoms with E-state index in [1.807, 2.05) is 27.7 Å². The predicted octanol–water partition coefficient (Wildman–Crippen LogP) is 16.2. The van der Waals surface area contributed by atoms with Crippen LogP contribution >= 0.6 is 21.2 Å². The molecule has 2 saturated carbocycles. The molecule has 2 aliphatic heterocycles. The molecule has 4 fully saturated rings. The first kappa shape index (κ1) is 66.9. The average Bonchev–Trinajstić information content (AvgIpc) is 4.36. The summed E-state index contributed by atoms with van der Waals surface area (Å²) in [5, 5.41) is 6.40. The standard InChI is InChI=1S/C56H72N6O2.C6H12INO3.C3H8.C2H6.CH3NO/c1-9-43-41-26-34(6)35(25-33(5)36-20-23-45-47(27-36)60-53(58-45)49-29-38-15-11-13-17-44(38)57-49)19-22-40(41)42(31-56(43,7)10-2)37-21-24-46-48(28-37)61-54(59-46)51-30-39-16-12-14-18-50(39)62(51)55(63)52(64-8)32(3)4;1-4(2)5(7-10)8-6(9)11-3;1-3-2;1-2;2-1-3/h20-25,27-28,31-32,34,38-39,44,49-52,57H,5,9-19,26,29-30H2,1-4,6-8H3,(H,58,60)(H,59,61);4-5H,1-3H3,(H,8,9);3H2,1-2H3;1-2H3;1H,(H2,2,3)/b35-25-;;;;. The van der Waals surface area contributed by atoms with Crippen molar-refractivity contribution in [1.29, 1.82) is 0 Å². The Morgan fingerprint density at radius 1 is 0.892 bits per heavy atom. The molecule has 6 aliphatic rings. The van der Waals surface area contributed by atoms with Gasteiger partial charge in [0.2, 0.25) is 6.41 Å². The second kappa shape index (κ2) is 31.2. The molecule has 456 valence electrons. The first-order valence-electron chi connectivity index (χ1n) is 31.3. The molecule has 10 rings (SSSR count). The van der Waals surface area contributed by atoms with Gasteiger partial charge in [-0.15, -0.1) is 0 Å². The van der Waals surface area contributed by atoms with Crippen LogP contribution in [0.3, 0.4) is 0 Å². The van der Waals surface area contributed by atoms with E-state index in [2.05, 4.69) is 153 Å². The number of carbonyl (C=O) groups is 3. The van der Waals surface area contributed by atoms with Crippen LogP contribution in [0.2, 0.25) is 0 Å². The fraction of sp³-hybridized carbons (Fsp3) is 0.603. The van der Waals surface area contributed by atoms with E-state index in [0.29, 0.717) is 23.9 Å². The van der Waals surface area contributed by atoms with E-state index in [1.54, 1.807) is 12.7 Å². The van der Waals surface area contributed by atoms with Gasteiger partial charge in [-0.1, -0.05) is 163 Å². The molecule has 4 aromatic rings. The van der Waals surface area contributed by atoms with Crippen LogP contribution in [0, 0.1) is 35.0 Å². The van der Waals surface area contributed by atoms with E-state index in [9.17, 15) is 12.7 Å². The molecule has 2 aromatic carbocycles. The highest BCUT2D eigenvalue weighted by atomic mass is 127. The smallest absolute Gasteiger partial charge is 0.407 e. The molecule has 15 heteroatoms. The van der Waals surface area contributed by atoms with E-state index in [-0.39, 0.29) is 45.7 Å². The van der Waals surface area contributed by atoms with Crippen LogP contribution in [0.15, 0.2) is 83.5 Å². The van der Waals surface area contributed by atoms with E-state index < -0.39 is 33.4 Å². The molecule has 10 unspecified atom stereocenters. The second-order valence-corrected chi connectivity index (χ2v) is 26.2. The van der Waals surface area contributed by atoms with Crippen molar-refractivity contribution in [2.75, 3.05) is 14.2 Å². The molecule has 14 nitrogen and oxygen atoms in total. The lowest BCUT2D eigenvalue weighted by molar-refractivity contribution is -0.148.